The molecule has 4 rings (SSSR count). The summed E-state index contributed by atoms with van der Waals surface area (Å²) in [5, 5.41) is 0. The summed E-state index contributed by atoms with van der Waals surface area (Å²) in [6.45, 7) is 6.38. The minimum absolute atomic E-state index is 1.35. The molecule has 3 heterocycles. The third kappa shape index (κ3) is 13.6. The highest BCUT2D eigenvalue weighted by atomic mass is 14.6. The van der Waals surface area contributed by atoms with E-state index in [4.69, 9.17) is 0 Å². The summed E-state index contributed by atoms with van der Waals surface area (Å²) in [6.07, 6.45) is 10.5. The zero-order valence-electron chi connectivity index (χ0n) is 16.2. The predicted molar refractivity (Wildman–Crippen MR) is 113 cm³/mol. The Morgan fingerprint density at radius 1 is 0.370 bits per heavy atom. The van der Waals surface area contributed by atoms with Crippen molar-refractivity contribution in [1.82, 2.24) is 15.0 Å². The first kappa shape index (κ1) is 21.7. The molecule has 0 saturated heterocycles. The van der Waals surface area contributed by atoms with Crippen molar-refractivity contribution in [2.24, 2.45) is 0 Å². The van der Waals surface area contributed by atoms with Gasteiger partial charge >= 0.3 is 0 Å². The van der Waals surface area contributed by atoms with Crippen molar-refractivity contribution in [3.05, 3.63) is 127 Å². The summed E-state index contributed by atoms with van der Waals surface area (Å²) in [5.41, 5.74) is 4.06. The third-order valence-electron chi connectivity index (χ3n) is 3.07. The maximum Gasteiger partial charge on any atom is 0.0267 e. The fourth-order valence-electron chi connectivity index (χ4n) is 2.14. The molecule has 1 aromatic carbocycles. The molecule has 0 aliphatic heterocycles. The van der Waals surface area contributed by atoms with E-state index in [0.717, 1.165) is 0 Å². The molecule has 4 aromatic rings. The van der Waals surface area contributed by atoms with E-state index < -0.39 is 0 Å². The van der Waals surface area contributed by atoms with Gasteiger partial charge in [0.2, 0.25) is 0 Å². The Bertz CT molecular complexity index is 599. The zero-order chi connectivity index (χ0) is 19.6. The molecule has 3 nitrogen and oxygen atoms in total. The Kier molecular flexibility index (Phi) is 12.0. The highest BCUT2D eigenvalue weighted by Crippen LogP contribution is 2.06. The molecule has 0 fully saturated rings. The average Bonchev–Trinajstić information content (AvgIpc) is 2.72. The smallest absolute Gasteiger partial charge is 0.0267 e. The van der Waals surface area contributed by atoms with Gasteiger partial charge in [-0.3, -0.25) is 15.0 Å². The molecule has 0 aliphatic carbocycles. The van der Waals surface area contributed by atoms with Crippen LogP contribution in [-0.2, 0) is 0 Å². The van der Waals surface area contributed by atoms with E-state index in [1.54, 1.807) is 37.2 Å². The molecular weight excluding hydrogens is 330 g/mol. The lowest BCUT2D eigenvalue weighted by atomic mass is 10.1. The largest absolute Gasteiger partial charge is 0.265 e. The topological polar surface area (TPSA) is 38.7 Å². The van der Waals surface area contributed by atoms with E-state index in [2.05, 4.69) is 53.9 Å². The van der Waals surface area contributed by atoms with Gasteiger partial charge in [0.05, 0.1) is 0 Å². The van der Waals surface area contributed by atoms with E-state index in [-0.39, 0.29) is 0 Å². The number of hydrogen-bond donors (Lipinski definition) is 0. The Hall–Kier alpha value is -3.33. The molecule has 3 aromatic heterocycles. The molecule has 0 saturated carbocycles. The van der Waals surface area contributed by atoms with Crippen LogP contribution in [0.3, 0.4) is 0 Å². The molecule has 0 bridgehead atoms. The number of hydrogen-bond acceptors (Lipinski definition) is 3. The Morgan fingerprint density at radius 3 is 0.704 bits per heavy atom. The summed E-state index contributed by atoms with van der Waals surface area (Å²) in [5.74, 6) is 0. The summed E-state index contributed by atoms with van der Waals surface area (Å²) < 4.78 is 0. The summed E-state index contributed by atoms with van der Waals surface area (Å²) >= 11 is 0. The predicted octanol–water partition coefficient (Wildman–Crippen LogP) is 5.86. The van der Waals surface area contributed by atoms with Gasteiger partial charge in [0.15, 0.2) is 0 Å². The van der Waals surface area contributed by atoms with Gasteiger partial charge in [-0.25, -0.2) is 0 Å². The van der Waals surface area contributed by atoms with E-state index in [0.29, 0.717) is 0 Å². The van der Waals surface area contributed by atoms with Crippen molar-refractivity contribution >= 4 is 0 Å². The molecular formula is C24H27N3. The molecule has 27 heavy (non-hydrogen) atoms. The molecule has 0 amide bonds. The highest BCUT2D eigenvalue weighted by molar-refractivity contribution is 5.27. The van der Waals surface area contributed by atoms with Crippen LogP contribution in [0.5, 0.6) is 0 Å². The number of pyridine rings is 3. The van der Waals surface area contributed by atoms with Crippen LogP contribution in [0.15, 0.2) is 110 Å². The van der Waals surface area contributed by atoms with E-state index >= 15 is 0 Å². The van der Waals surface area contributed by atoms with Crippen LogP contribution in [-0.4, -0.2) is 15.0 Å². The molecule has 0 atom stereocenters. The van der Waals surface area contributed by atoms with E-state index in [9.17, 15) is 0 Å². The number of benzene rings is 1. The van der Waals surface area contributed by atoms with Crippen LogP contribution < -0.4 is 0 Å². The monoisotopic (exact) mass is 357 g/mol. The van der Waals surface area contributed by atoms with Crippen LogP contribution >= 0.6 is 0 Å². The SMILES string of the molecule is Cc1cc(C)cc(C)c1.c1ccncc1.c1ccncc1.c1ccncc1. The normalized spacial score (nSPS) is 8.56. The van der Waals surface area contributed by atoms with Crippen molar-refractivity contribution in [3.63, 3.8) is 0 Å². The number of nitrogens with zero attached hydrogens (tertiary/aromatic N) is 3. The molecule has 138 valence electrons. The second-order valence-electron chi connectivity index (χ2n) is 5.74. The summed E-state index contributed by atoms with van der Waals surface area (Å²) in [7, 11) is 0. The first-order valence-corrected chi connectivity index (χ1v) is 8.78. The lowest BCUT2D eigenvalue weighted by molar-refractivity contribution is 1.32. The molecule has 0 radical (unpaired) electrons. The van der Waals surface area contributed by atoms with Crippen molar-refractivity contribution in [2.75, 3.05) is 0 Å². The van der Waals surface area contributed by atoms with Crippen molar-refractivity contribution in [1.29, 1.82) is 0 Å². The van der Waals surface area contributed by atoms with Crippen LogP contribution in [0.25, 0.3) is 0 Å². The molecule has 0 N–H and O–H groups in total. The number of aryl methyl sites for hydroxylation is 3. The van der Waals surface area contributed by atoms with Gasteiger partial charge < -0.3 is 0 Å². The van der Waals surface area contributed by atoms with Crippen molar-refractivity contribution < 1.29 is 0 Å². The molecule has 0 aliphatic rings. The van der Waals surface area contributed by atoms with Gasteiger partial charge in [-0.2, -0.15) is 0 Å². The Balaban J connectivity index is 0.000000183. The first-order chi connectivity index (χ1) is 13.2. The van der Waals surface area contributed by atoms with E-state index in [1.165, 1.54) is 16.7 Å². The van der Waals surface area contributed by atoms with Crippen LogP contribution in [0, 0.1) is 20.8 Å². The fraction of sp³-hybridized carbons (Fsp3) is 0.125. The maximum atomic E-state index is 3.78. The van der Waals surface area contributed by atoms with Crippen LogP contribution in [0.4, 0.5) is 0 Å². The minimum Gasteiger partial charge on any atom is -0.265 e. The second kappa shape index (κ2) is 15.0. The first-order valence-electron chi connectivity index (χ1n) is 8.78. The van der Waals surface area contributed by atoms with Crippen LogP contribution in [0.1, 0.15) is 16.7 Å². The van der Waals surface area contributed by atoms with E-state index in [1.807, 2.05) is 54.6 Å². The van der Waals surface area contributed by atoms with Gasteiger partial charge in [-0.1, -0.05) is 53.1 Å². The standard InChI is InChI=1S/C9H12.3C5H5N/c1-7-4-8(2)6-9(3)5-7;3*1-2-4-6-5-3-1/h4-6H,1-3H3;3*1-5H. The van der Waals surface area contributed by atoms with Gasteiger partial charge in [-0.05, 0) is 57.2 Å². The van der Waals surface area contributed by atoms with Gasteiger partial charge in [0.1, 0.15) is 0 Å². The summed E-state index contributed by atoms with van der Waals surface area (Å²) in [4.78, 5) is 11.4. The second-order valence-corrected chi connectivity index (χ2v) is 5.74. The van der Waals surface area contributed by atoms with Gasteiger partial charge in [0.25, 0.3) is 0 Å². The van der Waals surface area contributed by atoms with Crippen molar-refractivity contribution in [3.8, 4) is 0 Å². The summed E-state index contributed by atoms with van der Waals surface area (Å²) in [6, 6.07) is 23.7. The van der Waals surface area contributed by atoms with Crippen molar-refractivity contribution in [2.45, 2.75) is 20.8 Å². The lowest BCUT2D eigenvalue weighted by Crippen LogP contribution is -1.78. The fourth-order valence-corrected chi connectivity index (χ4v) is 2.14. The maximum absolute atomic E-state index is 3.78. The Morgan fingerprint density at radius 2 is 0.593 bits per heavy atom. The lowest BCUT2D eigenvalue weighted by Gasteiger charge is -1.96. The number of rotatable bonds is 0. The Labute approximate surface area is 162 Å². The molecule has 0 spiro atoms. The third-order valence-corrected chi connectivity index (χ3v) is 3.07. The average molecular weight is 358 g/mol. The molecule has 3 heteroatoms. The quantitative estimate of drug-likeness (QED) is 0.396. The van der Waals surface area contributed by atoms with Crippen LogP contribution in [0.2, 0.25) is 0 Å². The van der Waals surface area contributed by atoms with Gasteiger partial charge in [-0.15, -0.1) is 0 Å². The highest BCUT2D eigenvalue weighted by Gasteiger charge is 1.87. The molecule has 0 unspecified atom stereocenters. The minimum atomic E-state index is 1.35. The number of aromatic nitrogens is 3. The zero-order valence-corrected chi connectivity index (χ0v) is 16.2. The van der Waals surface area contributed by atoms with Gasteiger partial charge in [0, 0.05) is 37.2 Å².